The van der Waals surface area contributed by atoms with Crippen molar-refractivity contribution in [1.82, 2.24) is 14.8 Å². The van der Waals surface area contributed by atoms with Crippen molar-refractivity contribution in [1.29, 1.82) is 0 Å². The van der Waals surface area contributed by atoms with Gasteiger partial charge in [-0.1, -0.05) is 0 Å². The number of ether oxygens (including phenoxy) is 1. The molecule has 1 aliphatic heterocycles. The van der Waals surface area contributed by atoms with Gasteiger partial charge in [-0.3, -0.25) is 0 Å². The smallest absolute Gasteiger partial charge is 0.318 e. The summed E-state index contributed by atoms with van der Waals surface area (Å²) in [6.07, 6.45) is 7.05. The lowest BCUT2D eigenvalue weighted by Crippen LogP contribution is -2.42. The summed E-state index contributed by atoms with van der Waals surface area (Å²) in [7, 11) is 1.63. The van der Waals surface area contributed by atoms with Gasteiger partial charge in [-0.15, -0.1) is 11.3 Å². The molecule has 1 aromatic carbocycles. The van der Waals surface area contributed by atoms with Gasteiger partial charge < -0.3 is 19.5 Å². The summed E-state index contributed by atoms with van der Waals surface area (Å²) < 4.78 is 35.7. The number of carbonyl (C=O) groups excluding carboxylic acids is 1. The molecule has 0 radical (unpaired) electrons. The zero-order valence-corrected chi connectivity index (χ0v) is 19.4. The number of nitrogens with zero attached hydrogens (tertiary/aromatic N) is 2. The minimum atomic E-state index is -0.653. The van der Waals surface area contributed by atoms with Gasteiger partial charge in [0.25, 0.3) is 0 Å². The average molecular weight is 472 g/mol. The van der Waals surface area contributed by atoms with Crippen LogP contribution in [-0.4, -0.2) is 35.8 Å². The first kappa shape index (κ1) is 22.1. The highest BCUT2D eigenvalue weighted by Crippen LogP contribution is 2.44. The number of amides is 2. The maximum absolute atomic E-state index is 14.3. The zero-order chi connectivity index (χ0) is 22.9. The summed E-state index contributed by atoms with van der Waals surface area (Å²) >= 11 is 1.78. The Morgan fingerprint density at radius 3 is 2.76 bits per heavy atom. The van der Waals surface area contributed by atoms with Crippen molar-refractivity contribution >= 4 is 17.4 Å². The number of urea groups is 1. The largest absolute Gasteiger partial charge is 0.385 e. The molecule has 1 atom stereocenters. The summed E-state index contributed by atoms with van der Waals surface area (Å²) in [6.45, 7) is 1.40. The van der Waals surface area contributed by atoms with Gasteiger partial charge >= 0.3 is 6.03 Å². The Morgan fingerprint density at radius 1 is 1.18 bits per heavy atom. The normalized spacial score (nSPS) is 17.2. The monoisotopic (exact) mass is 471 g/mol. The van der Waals surface area contributed by atoms with Crippen molar-refractivity contribution < 1.29 is 18.3 Å². The number of thiophene rings is 1. The van der Waals surface area contributed by atoms with E-state index in [9.17, 15) is 13.6 Å². The van der Waals surface area contributed by atoms with Crippen molar-refractivity contribution in [3.8, 4) is 5.00 Å². The van der Waals surface area contributed by atoms with Gasteiger partial charge in [0.2, 0.25) is 0 Å². The Bertz CT molecular complexity index is 1150. The average Bonchev–Trinajstić information content (AvgIpc) is 3.37. The number of hydrogen-bond donors (Lipinski definition) is 1. The van der Waals surface area contributed by atoms with E-state index in [2.05, 4.69) is 9.88 Å². The van der Waals surface area contributed by atoms with E-state index in [1.807, 2.05) is 18.3 Å². The van der Waals surface area contributed by atoms with Gasteiger partial charge in [-0.2, -0.15) is 0 Å². The molecule has 1 aliphatic carbocycles. The second-order valence-electron chi connectivity index (χ2n) is 8.61. The van der Waals surface area contributed by atoms with E-state index in [4.69, 9.17) is 4.74 Å². The Kier molecular flexibility index (Phi) is 6.21. The lowest BCUT2D eigenvalue weighted by molar-refractivity contribution is 0.174. The molecule has 5 rings (SSSR count). The third-order valence-corrected chi connectivity index (χ3v) is 7.78. The SMILES string of the molecule is COCCCNC(=O)N1Cc2c(sc3c2CCCC3)-n2cccc2C1c1cc(F)cc(F)c1. The van der Waals surface area contributed by atoms with E-state index in [1.165, 1.54) is 29.0 Å². The molecule has 0 saturated carbocycles. The van der Waals surface area contributed by atoms with Crippen LogP contribution in [0.2, 0.25) is 0 Å². The fourth-order valence-corrected chi connectivity index (χ4v) is 6.39. The molecule has 0 saturated heterocycles. The Labute approximate surface area is 196 Å². The summed E-state index contributed by atoms with van der Waals surface area (Å²) in [5.41, 5.74) is 3.73. The number of nitrogens with one attached hydrogen (secondary N) is 1. The summed E-state index contributed by atoms with van der Waals surface area (Å²) in [5.74, 6) is -1.31. The van der Waals surface area contributed by atoms with E-state index >= 15 is 0 Å². The maximum Gasteiger partial charge on any atom is 0.318 e. The minimum absolute atomic E-state index is 0.253. The first-order valence-electron chi connectivity index (χ1n) is 11.4. The zero-order valence-electron chi connectivity index (χ0n) is 18.6. The van der Waals surface area contributed by atoms with Crippen LogP contribution in [0.1, 0.15) is 52.6 Å². The van der Waals surface area contributed by atoms with E-state index in [0.29, 0.717) is 31.7 Å². The van der Waals surface area contributed by atoms with Crippen LogP contribution >= 0.6 is 11.3 Å². The van der Waals surface area contributed by atoms with E-state index in [-0.39, 0.29) is 6.03 Å². The fourth-order valence-electron chi connectivity index (χ4n) is 4.98. The second-order valence-corrected chi connectivity index (χ2v) is 9.69. The van der Waals surface area contributed by atoms with E-state index in [0.717, 1.165) is 41.6 Å². The molecule has 2 aromatic heterocycles. The number of halogens is 2. The molecule has 3 aromatic rings. The third kappa shape index (κ3) is 4.17. The highest BCUT2D eigenvalue weighted by atomic mass is 32.1. The summed E-state index contributed by atoms with van der Waals surface area (Å²) in [6, 6.07) is 6.51. The molecule has 174 valence electrons. The molecule has 5 nitrogen and oxygen atoms in total. The van der Waals surface area contributed by atoms with E-state index < -0.39 is 17.7 Å². The highest BCUT2D eigenvalue weighted by molar-refractivity contribution is 7.15. The van der Waals surface area contributed by atoms with E-state index in [1.54, 1.807) is 23.3 Å². The first-order chi connectivity index (χ1) is 16.1. The molecule has 2 aliphatic rings. The minimum Gasteiger partial charge on any atom is -0.385 e. The summed E-state index contributed by atoms with van der Waals surface area (Å²) in [5, 5.41) is 4.09. The third-order valence-electron chi connectivity index (χ3n) is 6.44. The predicted octanol–water partition coefficient (Wildman–Crippen LogP) is 5.35. The standard InChI is InChI=1S/C25H27F2N3O2S/c1-32-11-5-9-28-25(31)30-15-20-19-6-2-3-8-22(19)33-24(20)29-10-4-7-21(29)23(30)16-12-17(26)14-18(27)13-16/h4,7,10,12-14,23H,2-3,5-6,8-9,11,15H2,1H3,(H,28,31). The second kappa shape index (κ2) is 9.27. The molecular weight excluding hydrogens is 444 g/mol. The number of aromatic nitrogens is 1. The lowest BCUT2D eigenvalue weighted by atomic mass is 9.95. The molecule has 8 heteroatoms. The van der Waals surface area contributed by atoms with Crippen LogP contribution in [0.25, 0.3) is 5.00 Å². The van der Waals surface area contributed by atoms with Crippen LogP contribution in [0.5, 0.6) is 0 Å². The van der Waals surface area contributed by atoms with Gasteiger partial charge in [0.05, 0.1) is 12.2 Å². The van der Waals surface area contributed by atoms with Crippen molar-refractivity contribution in [3.63, 3.8) is 0 Å². The van der Waals surface area contributed by atoms with Crippen LogP contribution < -0.4 is 5.32 Å². The number of benzene rings is 1. The topological polar surface area (TPSA) is 46.5 Å². The number of rotatable bonds is 5. The van der Waals surface area contributed by atoms with Crippen molar-refractivity contribution in [2.24, 2.45) is 0 Å². The molecule has 1 unspecified atom stereocenters. The first-order valence-corrected chi connectivity index (χ1v) is 12.2. The van der Waals surface area contributed by atoms with Crippen LogP contribution in [0.4, 0.5) is 13.6 Å². The molecule has 0 bridgehead atoms. The van der Waals surface area contributed by atoms with Gasteiger partial charge in [0, 0.05) is 43.0 Å². The van der Waals surface area contributed by atoms with Crippen LogP contribution in [0.3, 0.4) is 0 Å². The molecule has 0 spiro atoms. The van der Waals surface area contributed by atoms with Crippen molar-refractivity contribution in [2.45, 2.75) is 44.7 Å². The molecule has 33 heavy (non-hydrogen) atoms. The number of carbonyl (C=O) groups is 1. The van der Waals surface area contributed by atoms with Crippen LogP contribution in [0.15, 0.2) is 36.5 Å². The van der Waals surface area contributed by atoms with Gasteiger partial charge in [-0.05, 0) is 67.5 Å². The highest BCUT2D eigenvalue weighted by Gasteiger charge is 2.36. The van der Waals surface area contributed by atoms with Crippen LogP contribution in [0, 0.1) is 11.6 Å². The number of aryl methyl sites for hydroxylation is 1. The van der Waals surface area contributed by atoms with Gasteiger partial charge in [0.1, 0.15) is 22.7 Å². The Hall–Kier alpha value is -2.71. The van der Waals surface area contributed by atoms with Crippen molar-refractivity contribution in [2.75, 3.05) is 20.3 Å². The quantitative estimate of drug-likeness (QED) is 0.510. The predicted molar refractivity (Wildman–Crippen MR) is 124 cm³/mol. The molecule has 3 heterocycles. The molecule has 2 amide bonds. The number of methoxy groups -OCH3 is 1. The lowest BCUT2D eigenvalue weighted by Gasteiger charge is -2.31. The Morgan fingerprint density at radius 2 is 1.97 bits per heavy atom. The van der Waals surface area contributed by atoms with Crippen molar-refractivity contribution in [3.05, 3.63) is 75.4 Å². The maximum atomic E-state index is 14.3. The Balaban J connectivity index is 1.62. The number of hydrogen-bond acceptors (Lipinski definition) is 3. The van der Waals surface area contributed by atoms with Gasteiger partial charge in [-0.25, -0.2) is 13.6 Å². The fraction of sp³-hybridized carbons (Fsp3) is 0.400. The number of fused-ring (bicyclic) bond motifs is 5. The van der Waals surface area contributed by atoms with Gasteiger partial charge in [0.15, 0.2) is 0 Å². The summed E-state index contributed by atoms with van der Waals surface area (Å²) in [4.78, 5) is 16.6. The van der Waals surface area contributed by atoms with Crippen LogP contribution in [-0.2, 0) is 24.1 Å². The molecule has 0 fully saturated rings. The molecular formula is C25H27F2N3O2S. The molecule has 1 N–H and O–H groups in total.